The molecule has 0 amide bonds. The number of carbonyl (C=O) groups excluding carboxylic acids is 2. The average molecular weight is 336 g/mol. The molecular weight excluding hydrogens is 311 g/mol. The Morgan fingerprint density at radius 3 is 1.95 bits per heavy atom. The smallest absolute Gasteiger partial charge is 0.330 e. The van der Waals surface area contributed by atoms with Crippen molar-refractivity contribution in [2.24, 2.45) is 0 Å². The van der Waals surface area contributed by atoms with E-state index in [0.29, 0.717) is 6.61 Å². The summed E-state index contributed by atoms with van der Waals surface area (Å²) in [5.74, 6) is -0.979. The highest BCUT2D eigenvalue weighted by atomic mass is 31.2. The molecule has 0 fully saturated rings. The van der Waals surface area contributed by atoms with Gasteiger partial charge in [0, 0.05) is 6.08 Å². The van der Waals surface area contributed by atoms with Crippen LogP contribution in [0.5, 0.6) is 0 Å². The van der Waals surface area contributed by atoms with E-state index in [4.69, 9.17) is 19.3 Å². The highest BCUT2D eigenvalue weighted by Crippen LogP contribution is 2.34. The van der Waals surface area contributed by atoms with E-state index in [1.807, 2.05) is 0 Å². The molecule has 128 valence electrons. The SMILES string of the molecule is C=CC(=O)OCCCCCCCCOC(=O)CCP(=O)(O)O. The molecule has 0 aromatic rings. The Bertz CT molecular complexity index is 389. The first-order valence-electron chi connectivity index (χ1n) is 7.34. The number of ether oxygens (including phenoxy) is 2. The molecule has 22 heavy (non-hydrogen) atoms. The van der Waals surface area contributed by atoms with Gasteiger partial charge in [0.1, 0.15) is 0 Å². The maximum Gasteiger partial charge on any atom is 0.330 e. The van der Waals surface area contributed by atoms with Gasteiger partial charge in [-0.3, -0.25) is 9.36 Å². The molecular formula is C14H25O7P. The first kappa shape index (κ1) is 20.8. The molecule has 0 aromatic carbocycles. The molecule has 0 aromatic heterocycles. The van der Waals surface area contributed by atoms with Gasteiger partial charge in [0.15, 0.2) is 0 Å². The number of hydrogen-bond acceptors (Lipinski definition) is 5. The summed E-state index contributed by atoms with van der Waals surface area (Å²) in [4.78, 5) is 39.1. The Hall–Kier alpha value is -1.17. The van der Waals surface area contributed by atoms with Crippen LogP contribution in [0.3, 0.4) is 0 Å². The molecule has 0 saturated heterocycles. The van der Waals surface area contributed by atoms with Crippen molar-refractivity contribution < 1.29 is 33.4 Å². The van der Waals surface area contributed by atoms with Gasteiger partial charge < -0.3 is 19.3 Å². The summed E-state index contributed by atoms with van der Waals surface area (Å²) in [5, 5.41) is 0. The Balaban J connectivity index is 3.30. The predicted molar refractivity (Wildman–Crippen MR) is 81.3 cm³/mol. The van der Waals surface area contributed by atoms with Gasteiger partial charge in [0.05, 0.1) is 25.8 Å². The van der Waals surface area contributed by atoms with Crippen LogP contribution in [0, 0.1) is 0 Å². The average Bonchev–Trinajstić information content (AvgIpc) is 2.46. The molecule has 0 saturated carbocycles. The number of carbonyl (C=O) groups is 2. The summed E-state index contributed by atoms with van der Waals surface area (Å²) in [5.41, 5.74) is 0. The van der Waals surface area contributed by atoms with Gasteiger partial charge >= 0.3 is 19.5 Å². The van der Waals surface area contributed by atoms with Gasteiger partial charge in [-0.1, -0.05) is 32.3 Å². The molecule has 7 nitrogen and oxygen atoms in total. The third-order valence-corrected chi connectivity index (χ3v) is 3.63. The van der Waals surface area contributed by atoms with Gasteiger partial charge in [-0.25, -0.2) is 4.79 Å². The van der Waals surface area contributed by atoms with E-state index < -0.39 is 25.7 Å². The van der Waals surface area contributed by atoms with Gasteiger partial charge in [-0.2, -0.15) is 0 Å². The molecule has 0 bridgehead atoms. The number of hydrogen-bond donors (Lipinski definition) is 2. The summed E-state index contributed by atoms with van der Waals surface area (Å²) >= 11 is 0. The summed E-state index contributed by atoms with van der Waals surface area (Å²) < 4.78 is 20.3. The lowest BCUT2D eigenvalue weighted by atomic mass is 10.1. The molecule has 0 aliphatic carbocycles. The van der Waals surface area contributed by atoms with Crippen LogP contribution in [-0.2, 0) is 23.6 Å². The highest BCUT2D eigenvalue weighted by Gasteiger charge is 2.15. The van der Waals surface area contributed by atoms with Crippen LogP contribution in [0.4, 0.5) is 0 Å². The minimum absolute atomic E-state index is 0.256. The third-order valence-electron chi connectivity index (χ3n) is 2.82. The normalized spacial score (nSPS) is 11.0. The second-order valence-corrected chi connectivity index (χ2v) is 6.63. The second-order valence-electron chi connectivity index (χ2n) is 4.85. The molecule has 0 unspecified atom stereocenters. The predicted octanol–water partition coefficient (Wildman–Crippen LogP) is 2.17. The molecule has 0 radical (unpaired) electrons. The minimum atomic E-state index is -4.13. The largest absolute Gasteiger partial charge is 0.466 e. The zero-order valence-corrected chi connectivity index (χ0v) is 13.6. The van der Waals surface area contributed by atoms with E-state index in [2.05, 4.69) is 6.58 Å². The van der Waals surface area contributed by atoms with E-state index in [1.165, 1.54) is 0 Å². The van der Waals surface area contributed by atoms with E-state index >= 15 is 0 Å². The lowest BCUT2D eigenvalue weighted by Gasteiger charge is -2.06. The maximum absolute atomic E-state index is 11.2. The molecule has 0 atom stereocenters. The first-order chi connectivity index (χ1) is 10.3. The highest BCUT2D eigenvalue weighted by molar-refractivity contribution is 7.51. The Labute approximate surface area is 130 Å². The molecule has 0 aliphatic rings. The third kappa shape index (κ3) is 15.2. The Morgan fingerprint density at radius 2 is 1.45 bits per heavy atom. The van der Waals surface area contributed by atoms with Gasteiger partial charge in [-0.05, 0) is 12.8 Å². The quantitative estimate of drug-likeness (QED) is 0.229. The van der Waals surface area contributed by atoms with Crippen LogP contribution < -0.4 is 0 Å². The molecule has 0 heterocycles. The number of rotatable bonds is 13. The van der Waals surface area contributed by atoms with Gasteiger partial charge in [0.25, 0.3) is 0 Å². The van der Waals surface area contributed by atoms with Crippen molar-refractivity contribution in [2.45, 2.75) is 44.9 Å². The molecule has 0 aliphatic heterocycles. The number of esters is 2. The van der Waals surface area contributed by atoms with Crippen LogP contribution in [0.15, 0.2) is 12.7 Å². The van der Waals surface area contributed by atoms with E-state index in [1.54, 1.807) is 0 Å². The molecule has 0 spiro atoms. The molecule has 8 heteroatoms. The van der Waals surface area contributed by atoms with Crippen LogP contribution in [0.25, 0.3) is 0 Å². The van der Waals surface area contributed by atoms with E-state index in [0.717, 1.165) is 44.6 Å². The zero-order valence-electron chi connectivity index (χ0n) is 12.7. The fraction of sp³-hybridized carbons (Fsp3) is 0.714. The second kappa shape index (κ2) is 12.4. The van der Waals surface area contributed by atoms with Crippen molar-refractivity contribution in [3.8, 4) is 0 Å². The zero-order chi connectivity index (χ0) is 16.8. The van der Waals surface area contributed by atoms with Crippen LogP contribution in [-0.4, -0.2) is 41.1 Å². The van der Waals surface area contributed by atoms with Crippen molar-refractivity contribution in [3.05, 3.63) is 12.7 Å². The fourth-order valence-electron chi connectivity index (χ4n) is 1.64. The lowest BCUT2D eigenvalue weighted by Crippen LogP contribution is -2.08. The van der Waals surface area contributed by atoms with E-state index in [9.17, 15) is 14.2 Å². The summed E-state index contributed by atoms with van der Waals surface area (Å²) in [7, 11) is -4.13. The lowest BCUT2D eigenvalue weighted by molar-refractivity contribution is -0.143. The summed E-state index contributed by atoms with van der Waals surface area (Å²) in [6.07, 6.45) is 5.85. The van der Waals surface area contributed by atoms with E-state index in [-0.39, 0.29) is 13.0 Å². The van der Waals surface area contributed by atoms with Gasteiger partial charge in [-0.15, -0.1) is 0 Å². The maximum atomic E-state index is 11.2. The monoisotopic (exact) mass is 336 g/mol. The van der Waals surface area contributed by atoms with Crippen molar-refractivity contribution in [2.75, 3.05) is 19.4 Å². The van der Waals surface area contributed by atoms with Crippen molar-refractivity contribution in [1.29, 1.82) is 0 Å². The van der Waals surface area contributed by atoms with Crippen molar-refractivity contribution >= 4 is 19.5 Å². The first-order valence-corrected chi connectivity index (χ1v) is 9.14. The summed E-state index contributed by atoms with van der Waals surface area (Å²) in [6.45, 7) is 3.98. The van der Waals surface area contributed by atoms with Crippen LogP contribution in [0.1, 0.15) is 44.9 Å². The topological polar surface area (TPSA) is 110 Å². The number of unbranched alkanes of at least 4 members (excludes halogenated alkanes) is 5. The Morgan fingerprint density at radius 1 is 0.955 bits per heavy atom. The minimum Gasteiger partial charge on any atom is -0.466 e. The van der Waals surface area contributed by atoms with Crippen molar-refractivity contribution in [3.63, 3.8) is 0 Å². The van der Waals surface area contributed by atoms with Crippen LogP contribution in [0.2, 0.25) is 0 Å². The molecule has 0 rings (SSSR count). The Kier molecular flexibility index (Phi) is 11.7. The standard InChI is InChI=1S/C14H25O7P/c1-2-13(15)20-10-7-5-3-4-6-8-11-21-14(16)9-12-22(17,18)19/h2H,1,3-12H2,(H2,17,18,19). The fourth-order valence-corrected chi connectivity index (χ4v) is 2.11. The summed E-state index contributed by atoms with van der Waals surface area (Å²) in [6, 6.07) is 0. The van der Waals surface area contributed by atoms with Crippen molar-refractivity contribution in [1.82, 2.24) is 0 Å². The van der Waals surface area contributed by atoms with Gasteiger partial charge in [0.2, 0.25) is 0 Å². The van der Waals surface area contributed by atoms with Crippen LogP contribution >= 0.6 is 7.60 Å². The molecule has 2 N–H and O–H groups in total.